The van der Waals surface area contributed by atoms with E-state index in [1.807, 2.05) is 63.2 Å². The first-order valence-corrected chi connectivity index (χ1v) is 12.5. The van der Waals surface area contributed by atoms with E-state index in [9.17, 15) is 19.5 Å². The molecule has 9 heteroatoms. The smallest absolute Gasteiger partial charge is 0.330 e. The third-order valence-electron chi connectivity index (χ3n) is 6.69. The molecule has 2 aromatic carbocycles. The number of nitrogens with zero attached hydrogens (tertiary/aromatic N) is 1. The summed E-state index contributed by atoms with van der Waals surface area (Å²) >= 11 is 0. The maximum atomic E-state index is 12.7. The fourth-order valence-electron chi connectivity index (χ4n) is 4.56. The molecule has 37 heavy (non-hydrogen) atoms. The van der Waals surface area contributed by atoms with Gasteiger partial charge in [-0.2, -0.15) is 0 Å². The van der Waals surface area contributed by atoms with E-state index in [1.54, 1.807) is 0 Å². The summed E-state index contributed by atoms with van der Waals surface area (Å²) in [6, 6.07) is 13.8. The number of nitrogens with one attached hydrogen (secondary N) is 2. The van der Waals surface area contributed by atoms with Crippen molar-refractivity contribution >= 4 is 5.91 Å². The number of carbonyl (C=O) groups is 1. The number of aliphatic hydroxyl groups is 1. The first kappa shape index (κ1) is 26.4. The van der Waals surface area contributed by atoms with Crippen molar-refractivity contribution in [2.24, 2.45) is 0 Å². The van der Waals surface area contributed by atoms with E-state index in [-0.39, 0.29) is 25.3 Å². The van der Waals surface area contributed by atoms with Gasteiger partial charge in [0, 0.05) is 24.7 Å². The van der Waals surface area contributed by atoms with Crippen LogP contribution in [-0.4, -0.2) is 39.3 Å². The van der Waals surface area contributed by atoms with Crippen molar-refractivity contribution in [1.29, 1.82) is 0 Å². The zero-order valence-corrected chi connectivity index (χ0v) is 21.3. The third kappa shape index (κ3) is 6.36. The highest BCUT2D eigenvalue weighted by atomic mass is 16.5. The molecular formula is C28H33N3O6. The van der Waals surface area contributed by atoms with E-state index in [1.165, 1.54) is 10.8 Å². The quantitative estimate of drug-likeness (QED) is 0.409. The van der Waals surface area contributed by atoms with Crippen molar-refractivity contribution in [3.8, 4) is 5.75 Å². The Balaban J connectivity index is 1.33. The van der Waals surface area contributed by atoms with Crippen LogP contribution in [0, 0.1) is 13.8 Å². The van der Waals surface area contributed by atoms with Gasteiger partial charge in [0.1, 0.15) is 24.7 Å². The summed E-state index contributed by atoms with van der Waals surface area (Å²) < 4.78 is 13.1. The highest BCUT2D eigenvalue weighted by Gasteiger charge is 2.35. The molecular weight excluding hydrogens is 474 g/mol. The molecule has 1 aliphatic rings. The Hall–Kier alpha value is -3.69. The molecule has 0 saturated carbocycles. The normalized spacial score (nSPS) is 19.1. The van der Waals surface area contributed by atoms with Gasteiger partial charge in [0.15, 0.2) is 0 Å². The van der Waals surface area contributed by atoms with Crippen molar-refractivity contribution in [2.75, 3.05) is 6.54 Å². The SMILES string of the molecule is CCc1cn([C@@H]2CC(O)[C@H](CNC(=O)Cc3c(C)cc(OCc4ccccc4)cc3C)O2)c(=O)[nH]c1=O. The van der Waals surface area contributed by atoms with E-state index in [4.69, 9.17) is 9.47 Å². The van der Waals surface area contributed by atoms with Crippen LogP contribution >= 0.6 is 0 Å². The minimum atomic E-state index is -0.862. The molecule has 1 saturated heterocycles. The fourth-order valence-corrected chi connectivity index (χ4v) is 4.56. The van der Waals surface area contributed by atoms with Crippen LogP contribution in [0.25, 0.3) is 0 Å². The highest BCUT2D eigenvalue weighted by Crippen LogP contribution is 2.27. The Bertz CT molecular complexity index is 1340. The van der Waals surface area contributed by atoms with Crippen LogP contribution in [0.15, 0.2) is 58.3 Å². The van der Waals surface area contributed by atoms with E-state index < -0.39 is 29.7 Å². The molecule has 3 atom stereocenters. The first-order valence-electron chi connectivity index (χ1n) is 12.5. The average Bonchev–Trinajstić information content (AvgIpc) is 3.24. The van der Waals surface area contributed by atoms with Gasteiger partial charge in [0.05, 0.1) is 12.5 Å². The number of H-pyrrole nitrogens is 1. The molecule has 2 heterocycles. The molecule has 4 rings (SSSR count). The molecule has 1 amide bonds. The molecule has 196 valence electrons. The number of rotatable bonds is 9. The zero-order chi connectivity index (χ0) is 26.5. The third-order valence-corrected chi connectivity index (χ3v) is 6.69. The van der Waals surface area contributed by atoms with Gasteiger partial charge in [-0.25, -0.2) is 4.79 Å². The first-order chi connectivity index (χ1) is 17.7. The van der Waals surface area contributed by atoms with Crippen LogP contribution in [0.1, 0.15) is 47.4 Å². The van der Waals surface area contributed by atoms with Crippen LogP contribution in [0.5, 0.6) is 5.75 Å². The lowest BCUT2D eigenvalue weighted by atomic mass is 9.99. The number of benzene rings is 2. The fraction of sp³-hybridized carbons (Fsp3) is 0.393. The Kier molecular flexibility index (Phi) is 8.25. The minimum Gasteiger partial charge on any atom is -0.489 e. The maximum Gasteiger partial charge on any atom is 0.330 e. The molecule has 1 aliphatic heterocycles. The second-order valence-electron chi connectivity index (χ2n) is 9.40. The summed E-state index contributed by atoms with van der Waals surface area (Å²) in [5.41, 5.74) is 3.35. The molecule has 3 N–H and O–H groups in total. The maximum absolute atomic E-state index is 12.7. The number of aromatic nitrogens is 2. The van der Waals surface area contributed by atoms with Crippen LogP contribution in [0.4, 0.5) is 0 Å². The molecule has 1 unspecified atom stereocenters. The number of aryl methyl sites for hydroxylation is 3. The molecule has 0 aliphatic carbocycles. The second kappa shape index (κ2) is 11.6. The number of ether oxygens (including phenoxy) is 2. The predicted molar refractivity (Wildman–Crippen MR) is 139 cm³/mol. The van der Waals surface area contributed by atoms with Gasteiger partial charge in [-0.3, -0.25) is 19.1 Å². The average molecular weight is 508 g/mol. The largest absolute Gasteiger partial charge is 0.489 e. The summed E-state index contributed by atoms with van der Waals surface area (Å²) in [4.78, 5) is 39.1. The topological polar surface area (TPSA) is 123 Å². The van der Waals surface area contributed by atoms with Crippen molar-refractivity contribution in [3.63, 3.8) is 0 Å². The lowest BCUT2D eigenvalue weighted by Crippen LogP contribution is -2.38. The van der Waals surface area contributed by atoms with Crippen molar-refractivity contribution in [1.82, 2.24) is 14.9 Å². The van der Waals surface area contributed by atoms with Gasteiger partial charge in [-0.05, 0) is 54.7 Å². The lowest BCUT2D eigenvalue weighted by molar-refractivity contribution is -0.121. The second-order valence-corrected chi connectivity index (χ2v) is 9.40. The number of amides is 1. The van der Waals surface area contributed by atoms with Crippen LogP contribution in [-0.2, 0) is 29.0 Å². The number of aliphatic hydroxyl groups excluding tert-OH is 1. The Morgan fingerprint density at radius 3 is 2.57 bits per heavy atom. The Morgan fingerprint density at radius 1 is 1.19 bits per heavy atom. The molecule has 3 aromatic rings. The van der Waals surface area contributed by atoms with Gasteiger partial charge in [0.2, 0.25) is 5.91 Å². The number of hydrogen-bond donors (Lipinski definition) is 3. The summed E-state index contributed by atoms with van der Waals surface area (Å²) in [6.45, 7) is 6.29. The molecule has 1 aromatic heterocycles. The summed E-state index contributed by atoms with van der Waals surface area (Å²) in [6.07, 6.45) is 0.0363. The molecule has 0 bridgehead atoms. The van der Waals surface area contributed by atoms with Crippen LogP contribution < -0.4 is 21.3 Å². The Morgan fingerprint density at radius 2 is 1.89 bits per heavy atom. The van der Waals surface area contributed by atoms with E-state index in [2.05, 4.69) is 10.3 Å². The van der Waals surface area contributed by atoms with Gasteiger partial charge in [-0.1, -0.05) is 37.3 Å². The number of hydrogen-bond acceptors (Lipinski definition) is 6. The molecule has 0 radical (unpaired) electrons. The number of aromatic amines is 1. The van der Waals surface area contributed by atoms with Gasteiger partial charge < -0.3 is 19.9 Å². The molecule has 9 nitrogen and oxygen atoms in total. The zero-order valence-electron chi connectivity index (χ0n) is 21.3. The summed E-state index contributed by atoms with van der Waals surface area (Å²) in [5.74, 6) is 0.554. The lowest BCUT2D eigenvalue weighted by Gasteiger charge is -2.18. The molecule has 1 fully saturated rings. The van der Waals surface area contributed by atoms with Crippen LogP contribution in [0.3, 0.4) is 0 Å². The van der Waals surface area contributed by atoms with Crippen molar-refractivity contribution in [2.45, 2.75) is 65.1 Å². The van der Waals surface area contributed by atoms with Gasteiger partial charge in [-0.15, -0.1) is 0 Å². The molecule has 0 spiro atoms. The van der Waals surface area contributed by atoms with Gasteiger partial charge >= 0.3 is 5.69 Å². The van der Waals surface area contributed by atoms with Crippen LogP contribution in [0.2, 0.25) is 0 Å². The van der Waals surface area contributed by atoms with Crippen molar-refractivity contribution < 1.29 is 19.4 Å². The highest BCUT2D eigenvalue weighted by molar-refractivity contribution is 5.79. The predicted octanol–water partition coefficient (Wildman–Crippen LogP) is 2.30. The van der Waals surface area contributed by atoms with E-state index in [0.29, 0.717) is 18.6 Å². The summed E-state index contributed by atoms with van der Waals surface area (Å²) in [5, 5.41) is 13.3. The minimum absolute atomic E-state index is 0.103. The Labute approximate surface area is 215 Å². The standard InChI is InChI=1S/C28H33N3O6/c1-4-20-15-31(28(35)30-27(20)34)26-13-23(32)24(37-26)14-29-25(33)12-22-17(2)10-21(11-18(22)3)36-16-19-8-6-5-7-9-19/h5-11,15,23-24,26,32H,4,12-14,16H2,1-3H3,(H,29,33)(H,30,34,35)/t23?,24-,26-/m0/s1. The van der Waals surface area contributed by atoms with Crippen molar-refractivity contribution in [3.05, 3.63) is 97.3 Å². The van der Waals surface area contributed by atoms with E-state index >= 15 is 0 Å². The van der Waals surface area contributed by atoms with E-state index in [0.717, 1.165) is 28.0 Å². The number of carbonyl (C=O) groups excluding carboxylic acids is 1. The van der Waals surface area contributed by atoms with Gasteiger partial charge in [0.25, 0.3) is 5.56 Å². The summed E-state index contributed by atoms with van der Waals surface area (Å²) in [7, 11) is 0. The monoisotopic (exact) mass is 507 g/mol.